The van der Waals surface area contributed by atoms with Crippen molar-refractivity contribution in [1.82, 2.24) is 0 Å². The third-order valence-electron chi connectivity index (χ3n) is 12.5. The zero-order valence-corrected chi connectivity index (χ0v) is 48.0. The quantitative estimate of drug-likeness (QED) is 0.0278. The van der Waals surface area contributed by atoms with E-state index in [1.807, 2.05) is 83.1 Å². The van der Waals surface area contributed by atoms with E-state index in [2.05, 4.69) is 0 Å². The summed E-state index contributed by atoms with van der Waals surface area (Å²) in [5.41, 5.74) is -4.88. The molecule has 0 aliphatic carbocycles. The minimum absolute atomic E-state index is 0.0529. The van der Waals surface area contributed by atoms with Gasteiger partial charge >= 0.3 is 35.8 Å². The first-order valence-electron chi connectivity index (χ1n) is 26.2. The highest BCUT2D eigenvalue weighted by Gasteiger charge is 2.78. The van der Waals surface area contributed by atoms with Crippen molar-refractivity contribution >= 4 is 35.8 Å². The fourth-order valence-electron chi connectivity index (χ4n) is 7.81. The van der Waals surface area contributed by atoms with Gasteiger partial charge < -0.3 is 5.11 Å². The average Bonchev–Trinajstić information content (AvgIpc) is 4.11. The van der Waals surface area contributed by atoms with E-state index in [4.69, 9.17) is 58.7 Å². The van der Waals surface area contributed by atoms with Gasteiger partial charge in [-0.25, -0.2) is 24.0 Å². The van der Waals surface area contributed by atoms with Gasteiger partial charge in [-0.15, -0.1) is 19.6 Å². The molecule has 1 saturated heterocycles. The smallest absolute Gasteiger partial charge is 0.347 e. The molecule has 0 spiro atoms. The Labute approximate surface area is 430 Å². The summed E-state index contributed by atoms with van der Waals surface area (Å²) in [5, 5.41) is 10.8. The lowest BCUT2D eigenvalue weighted by molar-refractivity contribution is -0.488. The zero-order valence-electron chi connectivity index (χ0n) is 48.0. The third-order valence-corrected chi connectivity index (χ3v) is 12.5. The lowest BCUT2D eigenvalue weighted by atomic mass is 9.68. The van der Waals surface area contributed by atoms with Gasteiger partial charge in [-0.05, 0) is 131 Å². The van der Waals surface area contributed by atoms with E-state index in [-0.39, 0.29) is 43.4 Å². The molecule has 0 aromatic heterocycles. The molecular formula is C53H96O19. The summed E-state index contributed by atoms with van der Waals surface area (Å²) in [6, 6.07) is 0. The molecule has 1 rings (SSSR count). The van der Waals surface area contributed by atoms with E-state index in [1.54, 1.807) is 55.4 Å². The standard InChI is InChI=1S/C37H66O13.C16H30O6/c1-13-19-20-29(18-6)32(40)43-46-35(12,23-25(7)8)37(49-50-37)34(11,33(41)42)21-22-36(24-26(9)10,47-44-30(38)27(14-2)15-3)48-45-31(39)28(16-4)17-5;1-11(2)10-16(9,21-19-12(17)14(3,4)5)22-20-13(18)15(6,7)8/h25-29H,13-24H2,1-12H3,(H,41,42);11H,10H2,1-9H3. The first kappa shape index (κ1) is 68.5. The molecule has 0 aromatic carbocycles. The molecule has 19 nitrogen and oxygen atoms in total. The Balaban J connectivity index is 0.00000191. The summed E-state index contributed by atoms with van der Waals surface area (Å²) in [4.78, 5) is 140. The minimum Gasteiger partial charge on any atom is -0.481 e. The maximum atomic E-state index is 13.3. The van der Waals surface area contributed by atoms with Crippen LogP contribution in [0.3, 0.4) is 0 Å². The van der Waals surface area contributed by atoms with Crippen LogP contribution in [0.25, 0.3) is 0 Å². The molecule has 0 aromatic rings. The first-order valence-corrected chi connectivity index (χ1v) is 26.2. The Morgan fingerprint density at radius 3 is 1.18 bits per heavy atom. The summed E-state index contributed by atoms with van der Waals surface area (Å²) < 4.78 is 0. The fraction of sp³-hybridized carbons (Fsp3) is 0.887. The number of unbranched alkanes of at least 4 members (excludes halogenated alkanes) is 1. The number of carboxylic acid groups (broad SMARTS) is 1. The van der Waals surface area contributed by atoms with Crippen molar-refractivity contribution in [3.8, 4) is 0 Å². The van der Waals surface area contributed by atoms with Crippen molar-refractivity contribution < 1.29 is 92.5 Å². The summed E-state index contributed by atoms with van der Waals surface area (Å²) in [5.74, 6) is -10.7. The second-order valence-electron chi connectivity index (χ2n) is 23.1. The number of aliphatic carboxylic acids is 1. The second-order valence-corrected chi connectivity index (χ2v) is 23.1. The Kier molecular flexibility index (Phi) is 28.7. The van der Waals surface area contributed by atoms with E-state index >= 15 is 0 Å². The summed E-state index contributed by atoms with van der Waals surface area (Å²) in [6.45, 7) is 37.6. The van der Waals surface area contributed by atoms with Crippen LogP contribution in [0.2, 0.25) is 0 Å². The van der Waals surface area contributed by atoms with Crippen LogP contribution in [0.5, 0.6) is 0 Å². The predicted octanol–water partition coefficient (Wildman–Crippen LogP) is 12.4. The van der Waals surface area contributed by atoms with Gasteiger partial charge in [0, 0.05) is 19.3 Å². The Morgan fingerprint density at radius 2 is 0.861 bits per heavy atom. The second kappa shape index (κ2) is 30.2. The van der Waals surface area contributed by atoms with Crippen LogP contribution in [0, 0.1) is 51.8 Å². The molecular weight excluding hydrogens is 941 g/mol. The van der Waals surface area contributed by atoms with Gasteiger partial charge in [0.15, 0.2) is 5.60 Å². The molecule has 422 valence electrons. The summed E-state index contributed by atoms with van der Waals surface area (Å²) in [6.07, 6.45) is 5.06. The molecule has 72 heavy (non-hydrogen) atoms. The number of carboxylic acids is 1. The maximum absolute atomic E-state index is 13.3. The van der Waals surface area contributed by atoms with Crippen LogP contribution in [0.4, 0.5) is 0 Å². The molecule has 19 heteroatoms. The van der Waals surface area contributed by atoms with Gasteiger partial charge in [-0.2, -0.15) is 14.7 Å². The van der Waals surface area contributed by atoms with Gasteiger partial charge in [0.2, 0.25) is 0 Å². The SMILES string of the molecule is CC(C)CC(C)(OOC(=O)C(C)(C)C)OOC(=O)C(C)(C)C.CCCCC(CC)C(=O)OOC(C)(CC(C)C)C1(C(C)(CCC(CC(C)C)(OOC(=O)C(CC)CC)OOC(=O)C(CC)CC)C(=O)O)OO1. The Hall–Kier alpha value is -3.46. The van der Waals surface area contributed by atoms with Crippen molar-refractivity contribution in [2.75, 3.05) is 0 Å². The summed E-state index contributed by atoms with van der Waals surface area (Å²) in [7, 11) is 0. The van der Waals surface area contributed by atoms with Gasteiger partial charge in [0.1, 0.15) is 5.41 Å². The molecule has 0 radical (unpaired) electrons. The number of hydrogen-bond acceptors (Lipinski definition) is 18. The predicted molar refractivity (Wildman–Crippen MR) is 264 cm³/mol. The van der Waals surface area contributed by atoms with Crippen LogP contribution in [0.1, 0.15) is 229 Å². The Morgan fingerprint density at radius 1 is 0.486 bits per heavy atom. The van der Waals surface area contributed by atoms with E-state index in [1.165, 1.54) is 6.92 Å². The van der Waals surface area contributed by atoms with E-state index < -0.39 is 92.8 Å². The van der Waals surface area contributed by atoms with Crippen LogP contribution < -0.4 is 0 Å². The normalized spacial score (nSPS) is 16.1. The number of carbonyl (C=O) groups excluding carboxylic acids is 5. The van der Waals surface area contributed by atoms with Crippen LogP contribution in [0.15, 0.2) is 0 Å². The van der Waals surface area contributed by atoms with Gasteiger partial charge in [0.25, 0.3) is 17.4 Å². The summed E-state index contributed by atoms with van der Waals surface area (Å²) >= 11 is 0. The van der Waals surface area contributed by atoms with Crippen molar-refractivity contribution in [1.29, 1.82) is 0 Å². The van der Waals surface area contributed by atoms with Crippen molar-refractivity contribution in [3.63, 3.8) is 0 Å². The van der Waals surface area contributed by atoms with Crippen molar-refractivity contribution in [2.24, 2.45) is 51.8 Å². The zero-order chi connectivity index (χ0) is 56.1. The molecule has 0 amide bonds. The van der Waals surface area contributed by atoms with E-state index in [0.29, 0.717) is 44.9 Å². The Bertz CT molecular complexity index is 1610. The van der Waals surface area contributed by atoms with Crippen LogP contribution >= 0.6 is 0 Å². The monoisotopic (exact) mass is 1040 g/mol. The highest BCUT2D eigenvalue weighted by atomic mass is 17.4. The van der Waals surface area contributed by atoms with Crippen molar-refractivity contribution in [2.45, 2.75) is 252 Å². The van der Waals surface area contributed by atoms with Crippen LogP contribution in [-0.2, 0) is 87.4 Å². The highest BCUT2D eigenvalue weighted by molar-refractivity contribution is 5.77. The molecule has 1 fully saturated rings. The number of rotatable bonds is 33. The molecule has 1 N–H and O–H groups in total. The topological polar surface area (TPSA) is 240 Å². The largest absolute Gasteiger partial charge is 0.481 e. The molecule has 3 atom stereocenters. The lowest BCUT2D eigenvalue weighted by Crippen LogP contribution is -2.59. The molecule has 0 saturated carbocycles. The lowest BCUT2D eigenvalue weighted by Gasteiger charge is -2.41. The fourth-order valence-corrected chi connectivity index (χ4v) is 7.81. The molecule has 1 aliphatic heterocycles. The molecule has 1 heterocycles. The maximum Gasteiger partial charge on any atom is 0.347 e. The molecule has 1 aliphatic rings. The van der Waals surface area contributed by atoms with Gasteiger partial charge in [-0.1, -0.05) is 95.9 Å². The van der Waals surface area contributed by atoms with Gasteiger partial charge in [-0.3, -0.25) is 29.2 Å². The molecule has 3 unspecified atom stereocenters. The van der Waals surface area contributed by atoms with Crippen LogP contribution in [-0.4, -0.2) is 63.9 Å². The number of hydrogen-bond donors (Lipinski definition) is 1. The minimum atomic E-state index is -1.93. The van der Waals surface area contributed by atoms with E-state index in [9.17, 15) is 33.9 Å². The average molecular weight is 1040 g/mol. The third kappa shape index (κ3) is 21.4. The van der Waals surface area contributed by atoms with E-state index in [0.717, 1.165) is 12.8 Å². The molecule has 0 bridgehead atoms. The van der Waals surface area contributed by atoms with Gasteiger partial charge in [0.05, 0.1) is 28.6 Å². The highest BCUT2D eigenvalue weighted by Crippen LogP contribution is 2.59. The first-order chi connectivity index (χ1) is 33.1. The number of carbonyl (C=O) groups is 6. The van der Waals surface area contributed by atoms with Crippen molar-refractivity contribution in [3.05, 3.63) is 0 Å².